The lowest BCUT2D eigenvalue weighted by Gasteiger charge is -2.17. The molecule has 0 amide bonds. The summed E-state index contributed by atoms with van der Waals surface area (Å²) in [5, 5.41) is 20.6. The lowest BCUT2D eigenvalue weighted by atomic mass is 9.99. The quantitative estimate of drug-likeness (QED) is 0.565. The lowest BCUT2D eigenvalue weighted by Crippen LogP contribution is -2.19. The predicted octanol–water partition coefficient (Wildman–Crippen LogP) is 3.40. The minimum atomic E-state index is -0.566. The number of methoxy groups -OCH3 is 4. The molecule has 2 atom stereocenters. The molecule has 0 saturated carbocycles. The molecule has 0 heterocycles. The Balaban J connectivity index is 1.79. The van der Waals surface area contributed by atoms with E-state index in [1.807, 2.05) is 36.4 Å². The van der Waals surface area contributed by atoms with Gasteiger partial charge in [-0.3, -0.25) is 0 Å². The van der Waals surface area contributed by atoms with E-state index in [9.17, 15) is 10.2 Å². The van der Waals surface area contributed by atoms with E-state index < -0.39 is 12.2 Å². The van der Waals surface area contributed by atoms with E-state index >= 15 is 0 Å². The Labute approximate surface area is 173 Å². The number of benzene rings is 2. The van der Waals surface area contributed by atoms with Crippen LogP contribution in [0.5, 0.6) is 23.0 Å². The summed E-state index contributed by atoms with van der Waals surface area (Å²) < 4.78 is 21.1. The maximum atomic E-state index is 10.3. The number of aliphatic hydroxyl groups is 2. The Morgan fingerprint density at radius 3 is 1.34 bits per heavy atom. The largest absolute Gasteiger partial charge is 0.493 e. The van der Waals surface area contributed by atoms with Crippen molar-refractivity contribution in [2.45, 2.75) is 44.3 Å². The zero-order valence-electron chi connectivity index (χ0n) is 17.7. The van der Waals surface area contributed by atoms with Crippen LogP contribution in [0.25, 0.3) is 0 Å². The van der Waals surface area contributed by atoms with Crippen molar-refractivity contribution in [1.82, 2.24) is 0 Å². The fourth-order valence-electron chi connectivity index (χ4n) is 3.29. The van der Waals surface area contributed by atoms with Crippen LogP contribution in [0.15, 0.2) is 36.4 Å². The Morgan fingerprint density at radius 2 is 1.00 bits per heavy atom. The average Bonchev–Trinajstić information content (AvgIpc) is 2.75. The van der Waals surface area contributed by atoms with Gasteiger partial charge < -0.3 is 29.2 Å². The summed E-state index contributed by atoms with van der Waals surface area (Å²) in [6, 6.07) is 11.5. The summed E-state index contributed by atoms with van der Waals surface area (Å²) in [4.78, 5) is 0. The molecule has 2 aromatic carbocycles. The van der Waals surface area contributed by atoms with Crippen molar-refractivity contribution < 1.29 is 29.2 Å². The highest BCUT2D eigenvalue weighted by molar-refractivity contribution is 5.43. The van der Waals surface area contributed by atoms with Crippen molar-refractivity contribution in [2.75, 3.05) is 28.4 Å². The SMILES string of the molecule is COc1ccc(CC[C@@H](O)C[C@H](O)CCc2ccc(OC)c(OC)c2)cc1OC. The van der Waals surface area contributed by atoms with Crippen LogP contribution in [0.1, 0.15) is 30.4 Å². The second-order valence-electron chi connectivity index (χ2n) is 7.00. The monoisotopic (exact) mass is 404 g/mol. The molecule has 2 N–H and O–H groups in total. The highest BCUT2D eigenvalue weighted by atomic mass is 16.5. The van der Waals surface area contributed by atoms with E-state index in [1.54, 1.807) is 28.4 Å². The van der Waals surface area contributed by atoms with Crippen LogP contribution >= 0.6 is 0 Å². The molecule has 0 spiro atoms. The van der Waals surface area contributed by atoms with Gasteiger partial charge >= 0.3 is 0 Å². The lowest BCUT2D eigenvalue weighted by molar-refractivity contribution is 0.0714. The molecule has 0 saturated heterocycles. The van der Waals surface area contributed by atoms with Crippen LogP contribution in [0.4, 0.5) is 0 Å². The number of rotatable bonds is 12. The molecule has 2 aromatic rings. The molecule has 2 rings (SSSR count). The average molecular weight is 405 g/mol. The van der Waals surface area contributed by atoms with E-state index in [1.165, 1.54) is 0 Å². The van der Waals surface area contributed by atoms with E-state index in [2.05, 4.69) is 0 Å². The molecule has 6 nitrogen and oxygen atoms in total. The van der Waals surface area contributed by atoms with Gasteiger partial charge in [-0.15, -0.1) is 0 Å². The van der Waals surface area contributed by atoms with E-state index in [0.717, 1.165) is 11.1 Å². The number of hydrogen-bond donors (Lipinski definition) is 2. The van der Waals surface area contributed by atoms with Gasteiger partial charge in [0.05, 0.1) is 40.6 Å². The molecule has 6 heteroatoms. The van der Waals surface area contributed by atoms with Gasteiger partial charge in [-0.1, -0.05) is 12.1 Å². The van der Waals surface area contributed by atoms with Crippen LogP contribution < -0.4 is 18.9 Å². The summed E-state index contributed by atoms with van der Waals surface area (Å²) >= 11 is 0. The Kier molecular flexibility index (Phi) is 9.09. The zero-order chi connectivity index (χ0) is 21.2. The molecule has 160 valence electrons. The van der Waals surface area contributed by atoms with Crippen molar-refractivity contribution in [3.8, 4) is 23.0 Å². The van der Waals surface area contributed by atoms with Crippen molar-refractivity contribution in [3.63, 3.8) is 0 Å². The molecule has 29 heavy (non-hydrogen) atoms. The Hall–Kier alpha value is -2.44. The van der Waals surface area contributed by atoms with E-state index in [-0.39, 0.29) is 0 Å². The molecule has 0 bridgehead atoms. The van der Waals surface area contributed by atoms with Gasteiger partial charge in [-0.25, -0.2) is 0 Å². The number of aliphatic hydroxyl groups excluding tert-OH is 2. The van der Waals surface area contributed by atoms with Gasteiger partial charge in [0.25, 0.3) is 0 Å². The third-order valence-electron chi connectivity index (χ3n) is 4.97. The summed E-state index contributed by atoms with van der Waals surface area (Å²) in [6.45, 7) is 0. The highest BCUT2D eigenvalue weighted by Crippen LogP contribution is 2.29. The molecule has 0 radical (unpaired) electrons. The van der Waals surface area contributed by atoms with Crippen LogP contribution in [0, 0.1) is 0 Å². The summed E-state index contributed by atoms with van der Waals surface area (Å²) in [5.41, 5.74) is 2.11. The van der Waals surface area contributed by atoms with Crippen molar-refractivity contribution in [2.24, 2.45) is 0 Å². The Morgan fingerprint density at radius 1 is 0.621 bits per heavy atom. The highest BCUT2D eigenvalue weighted by Gasteiger charge is 2.14. The topological polar surface area (TPSA) is 77.4 Å². The summed E-state index contributed by atoms with van der Waals surface area (Å²) in [5.74, 6) is 2.72. The van der Waals surface area contributed by atoms with Crippen molar-refractivity contribution in [1.29, 1.82) is 0 Å². The standard InChI is InChI=1S/C23H32O6/c1-26-20-11-7-16(13-22(20)28-3)5-9-18(24)15-19(25)10-6-17-8-12-21(27-2)23(14-17)29-4/h7-8,11-14,18-19,24-25H,5-6,9-10,15H2,1-4H3/t18-,19-/m1/s1. The number of aryl methyl sites for hydroxylation is 2. The first-order valence-corrected chi connectivity index (χ1v) is 9.78. The zero-order valence-corrected chi connectivity index (χ0v) is 17.7. The molecular weight excluding hydrogens is 372 g/mol. The normalized spacial score (nSPS) is 12.9. The third kappa shape index (κ3) is 6.84. The molecule has 0 aliphatic rings. The third-order valence-corrected chi connectivity index (χ3v) is 4.97. The fourth-order valence-corrected chi connectivity index (χ4v) is 3.29. The maximum absolute atomic E-state index is 10.3. The van der Waals surface area contributed by atoms with Crippen LogP contribution in [0.3, 0.4) is 0 Å². The molecule has 0 aliphatic carbocycles. The van der Waals surface area contributed by atoms with Crippen LogP contribution in [-0.2, 0) is 12.8 Å². The van der Waals surface area contributed by atoms with Crippen molar-refractivity contribution >= 4 is 0 Å². The first-order valence-electron chi connectivity index (χ1n) is 9.78. The number of hydrogen-bond acceptors (Lipinski definition) is 6. The van der Waals surface area contributed by atoms with E-state index in [0.29, 0.717) is 55.1 Å². The number of ether oxygens (including phenoxy) is 4. The van der Waals surface area contributed by atoms with Crippen molar-refractivity contribution in [3.05, 3.63) is 47.5 Å². The summed E-state index contributed by atoms with van der Waals surface area (Å²) in [7, 11) is 6.41. The first kappa shape index (κ1) is 22.8. The van der Waals surface area contributed by atoms with Gasteiger partial charge in [0.1, 0.15) is 0 Å². The molecule has 0 aromatic heterocycles. The molecule has 0 unspecified atom stereocenters. The fraction of sp³-hybridized carbons (Fsp3) is 0.478. The molecule has 0 aliphatic heterocycles. The minimum Gasteiger partial charge on any atom is -0.493 e. The molecule has 0 fully saturated rings. The van der Waals surface area contributed by atoms with Gasteiger partial charge in [0, 0.05) is 0 Å². The molecular formula is C23H32O6. The van der Waals surface area contributed by atoms with E-state index in [4.69, 9.17) is 18.9 Å². The van der Waals surface area contributed by atoms with Crippen LogP contribution in [-0.4, -0.2) is 50.9 Å². The minimum absolute atomic E-state index is 0.348. The van der Waals surface area contributed by atoms with Gasteiger partial charge in [-0.05, 0) is 67.5 Å². The van der Waals surface area contributed by atoms with Gasteiger partial charge in [0.2, 0.25) is 0 Å². The maximum Gasteiger partial charge on any atom is 0.160 e. The summed E-state index contributed by atoms with van der Waals surface area (Å²) in [6.07, 6.45) is 1.76. The van der Waals surface area contributed by atoms with Gasteiger partial charge in [-0.2, -0.15) is 0 Å². The van der Waals surface area contributed by atoms with Gasteiger partial charge in [0.15, 0.2) is 23.0 Å². The Bertz CT molecular complexity index is 698. The first-order chi connectivity index (χ1) is 14.0. The second kappa shape index (κ2) is 11.5. The predicted molar refractivity (Wildman–Crippen MR) is 112 cm³/mol. The second-order valence-corrected chi connectivity index (χ2v) is 7.00. The smallest absolute Gasteiger partial charge is 0.160 e. The van der Waals surface area contributed by atoms with Crippen LogP contribution in [0.2, 0.25) is 0 Å².